The van der Waals surface area contributed by atoms with Crippen molar-refractivity contribution in [1.29, 1.82) is 0 Å². The Bertz CT molecular complexity index is 4220. The molecule has 5 heterocycles. The SMILES string of the molecule is O=S(=O)(Cl)Cl.Oc1c(Oc2ccccc2)ccc2c3nc4nc(nc5[nH]c(nc6nc(nc([nH]3)c12)-c1ccc(Oc2ccccc2)cc1-6)c1ccc(Oc2ccccc2)cc51)-c1ccc(Oc2ccccc2)cc1-4.[AlH3]. The smallest absolute Gasteiger partial charge is 0.317 e. The van der Waals surface area contributed by atoms with Crippen LogP contribution in [-0.2, 0) is 8.26 Å². The molecule has 0 atom stereocenters. The van der Waals surface area contributed by atoms with Crippen molar-refractivity contribution >= 4 is 91.1 Å². The Hall–Kier alpha value is -8.82. The maximum absolute atomic E-state index is 12.1. The van der Waals surface area contributed by atoms with E-state index in [4.69, 9.17) is 57.3 Å². The highest BCUT2D eigenvalue weighted by atomic mass is 36.0. The third kappa shape index (κ3) is 10.3. The Balaban J connectivity index is 0.000000960. The average Bonchev–Trinajstić information content (AvgIpc) is 4.13. The molecule has 75 heavy (non-hydrogen) atoms. The number of H-pyrrole nitrogens is 2. The summed E-state index contributed by atoms with van der Waals surface area (Å²) >= 11 is 0. The molecular weight excluding hydrogens is 1030 g/mol. The van der Waals surface area contributed by atoms with Gasteiger partial charge in [-0.1, -0.05) is 72.8 Å². The fourth-order valence-corrected chi connectivity index (χ4v) is 8.55. The lowest BCUT2D eigenvalue weighted by Gasteiger charge is -2.08. The van der Waals surface area contributed by atoms with Gasteiger partial charge in [-0.2, -0.15) is 8.42 Å². The maximum atomic E-state index is 12.1. The van der Waals surface area contributed by atoms with E-state index in [1.807, 2.05) is 182 Å². The molecule has 2 aliphatic heterocycles. The van der Waals surface area contributed by atoms with Crippen LogP contribution in [0.15, 0.2) is 188 Å². The molecule has 2 aliphatic rings. The fraction of sp³-hybridized carbons (Fsp3) is 0. The van der Waals surface area contributed by atoms with Gasteiger partial charge in [0.25, 0.3) is 0 Å². The Kier molecular flexibility index (Phi) is 13.1. The molecule has 19 heteroatoms. The molecule has 0 aliphatic carbocycles. The van der Waals surface area contributed by atoms with Crippen LogP contribution in [0.4, 0.5) is 0 Å². The van der Waals surface area contributed by atoms with Gasteiger partial charge in [0.15, 0.2) is 52.2 Å². The lowest BCUT2D eigenvalue weighted by atomic mass is 10.1. The second-order valence-electron chi connectivity index (χ2n) is 16.6. The number of aromatic hydroxyl groups is 1. The van der Waals surface area contributed by atoms with Crippen LogP contribution < -0.4 is 18.9 Å². The monoisotopic (exact) mass is 1060 g/mol. The number of halogens is 2. The minimum absolute atomic E-state index is 0. The van der Waals surface area contributed by atoms with Gasteiger partial charge in [0.2, 0.25) is 0 Å². The highest BCUT2D eigenvalue weighted by Crippen LogP contribution is 2.44. The predicted molar refractivity (Wildman–Crippen MR) is 294 cm³/mol. The highest BCUT2D eigenvalue weighted by molar-refractivity contribution is 8.31. The molecule has 0 amide bonds. The summed E-state index contributed by atoms with van der Waals surface area (Å²) < 4.78 is 43.5. The van der Waals surface area contributed by atoms with Crippen LogP contribution in [0.2, 0.25) is 0 Å². The number of hydrogen-bond acceptors (Lipinski definition) is 13. The molecule has 3 aromatic heterocycles. The van der Waals surface area contributed by atoms with Crippen LogP contribution >= 0.6 is 21.4 Å². The molecule has 8 bridgehead atoms. The number of hydrogen-bond donors (Lipinski definition) is 3. The lowest BCUT2D eigenvalue weighted by Crippen LogP contribution is -1.87. The minimum atomic E-state index is -3.72. The van der Waals surface area contributed by atoms with Crippen molar-refractivity contribution in [1.82, 2.24) is 39.9 Å². The second kappa shape index (κ2) is 20.2. The number of aromatic amines is 2. The Morgan fingerprint density at radius 2 is 0.733 bits per heavy atom. The quantitative estimate of drug-likeness (QED) is 0.0960. The van der Waals surface area contributed by atoms with Gasteiger partial charge in [0.05, 0.1) is 5.39 Å². The molecule has 3 N–H and O–H groups in total. The summed E-state index contributed by atoms with van der Waals surface area (Å²) in [4.78, 5) is 37.9. The minimum Gasteiger partial charge on any atom is -0.504 e. The average molecular weight is 1060 g/mol. The number of aromatic nitrogens is 8. The molecule has 11 aromatic rings. The normalized spacial score (nSPS) is 11.4. The summed E-state index contributed by atoms with van der Waals surface area (Å²) in [6.07, 6.45) is 0. The number of benzene rings is 8. The third-order valence-electron chi connectivity index (χ3n) is 11.8. The molecule has 0 unspecified atom stereocenters. The van der Waals surface area contributed by atoms with E-state index in [9.17, 15) is 5.11 Å². The topological polar surface area (TPSA) is 200 Å². The second-order valence-corrected chi connectivity index (χ2v) is 20.3. The molecule has 8 aromatic carbocycles. The number of nitrogens with zero attached hydrogens (tertiary/aromatic N) is 6. The van der Waals surface area contributed by atoms with Crippen molar-refractivity contribution in [3.05, 3.63) is 188 Å². The van der Waals surface area contributed by atoms with E-state index in [2.05, 4.69) is 31.3 Å². The number of para-hydroxylation sites is 4. The van der Waals surface area contributed by atoms with Crippen LogP contribution in [0.1, 0.15) is 0 Å². The van der Waals surface area contributed by atoms with Crippen molar-refractivity contribution in [2.45, 2.75) is 0 Å². The largest absolute Gasteiger partial charge is 0.504 e. The number of phenols is 1. The van der Waals surface area contributed by atoms with Gasteiger partial charge in [0.1, 0.15) is 62.8 Å². The third-order valence-corrected chi connectivity index (χ3v) is 11.8. The van der Waals surface area contributed by atoms with Crippen molar-refractivity contribution < 1.29 is 32.5 Å². The molecule has 0 radical (unpaired) electrons. The van der Waals surface area contributed by atoms with Crippen LogP contribution in [-0.4, -0.2) is 70.8 Å². The van der Waals surface area contributed by atoms with E-state index in [-0.39, 0.29) is 34.5 Å². The number of nitrogens with one attached hydrogen (secondary N) is 2. The van der Waals surface area contributed by atoms with E-state index in [0.717, 1.165) is 16.3 Å². The molecule has 0 fully saturated rings. The summed E-state index contributed by atoms with van der Waals surface area (Å²) in [7, 11) is 4.81. The Labute approximate surface area is 446 Å². The van der Waals surface area contributed by atoms with E-state index < -0.39 is 8.26 Å². The van der Waals surface area contributed by atoms with E-state index in [0.29, 0.717) is 108 Å². The standard InChI is InChI=1S/C56H34N8O5.Al.Cl2O2S.3H/c65-48-46(69-35-19-11-4-12-20-35)28-27-42-47(48)56-63-51-41-26-23-38(68-34-17-9-3-10-18-34)31-45(41)54(61-51)59-49-39-24-21-36(66-32-13-5-1-6-14-32)29-43(39)53(57-49)58-50-40-25-22-37(67-33-15-7-2-8-16-33)30-44(40)55(60-50)62-52(42)64-56;;1-5(2,3)4;;;/h1-31,65H,(H2,57,58,59,60,61,62,63,64);;;;;. The highest BCUT2D eigenvalue weighted by Gasteiger charge is 2.25. The zero-order chi connectivity index (χ0) is 50.3. The first kappa shape index (κ1) is 48.5. The van der Waals surface area contributed by atoms with Crippen LogP contribution in [0.5, 0.6) is 51.7 Å². The maximum Gasteiger partial charge on any atom is 0.317 e. The van der Waals surface area contributed by atoms with Gasteiger partial charge < -0.3 is 34.0 Å². The Morgan fingerprint density at radius 1 is 0.373 bits per heavy atom. The molecule has 13 rings (SSSR count). The van der Waals surface area contributed by atoms with Gasteiger partial charge in [-0.15, -0.1) is 0 Å². The van der Waals surface area contributed by atoms with Crippen molar-refractivity contribution in [3.63, 3.8) is 0 Å². The van der Waals surface area contributed by atoms with Crippen LogP contribution in [0.25, 0.3) is 89.7 Å². The molecule has 15 nitrogen and oxygen atoms in total. The summed E-state index contributed by atoms with van der Waals surface area (Å²) in [6.45, 7) is 0. The zero-order valence-electron chi connectivity index (χ0n) is 38.1. The van der Waals surface area contributed by atoms with Gasteiger partial charge in [0, 0.05) is 59.8 Å². The molecule has 0 saturated carbocycles. The number of phenolic OH excluding ortho intramolecular Hbond substituents is 1. The zero-order valence-corrected chi connectivity index (χ0v) is 40.5. The molecule has 0 saturated heterocycles. The predicted octanol–water partition coefficient (Wildman–Crippen LogP) is 13.3. The molecular formula is C56H37AlCl2N8O7S. The van der Waals surface area contributed by atoms with Gasteiger partial charge in [-0.3, -0.25) is 0 Å². The summed E-state index contributed by atoms with van der Waals surface area (Å²) in [6, 6.07) is 58.7. The van der Waals surface area contributed by atoms with Gasteiger partial charge >= 0.3 is 8.26 Å². The molecule has 0 spiro atoms. The summed E-state index contributed by atoms with van der Waals surface area (Å²) in [5, 5.41) is 14.6. The van der Waals surface area contributed by atoms with Crippen LogP contribution in [0.3, 0.4) is 0 Å². The Morgan fingerprint density at radius 3 is 1.21 bits per heavy atom. The van der Waals surface area contributed by atoms with E-state index >= 15 is 0 Å². The lowest BCUT2D eigenvalue weighted by molar-refractivity contribution is 0.416. The van der Waals surface area contributed by atoms with Crippen molar-refractivity contribution in [2.24, 2.45) is 0 Å². The fourth-order valence-electron chi connectivity index (χ4n) is 8.55. The number of ether oxygens (including phenoxy) is 4. The van der Waals surface area contributed by atoms with Crippen molar-refractivity contribution in [2.75, 3.05) is 0 Å². The first-order chi connectivity index (χ1) is 36.0. The summed E-state index contributed by atoms with van der Waals surface area (Å²) in [5.74, 6) is 5.92. The van der Waals surface area contributed by atoms with Gasteiger partial charge in [-0.25, -0.2) is 29.9 Å². The summed E-state index contributed by atoms with van der Waals surface area (Å²) in [5.41, 5.74) is 4.42. The molecule has 366 valence electrons. The van der Waals surface area contributed by atoms with Crippen molar-refractivity contribution in [3.8, 4) is 97.3 Å². The van der Waals surface area contributed by atoms with E-state index in [1.165, 1.54) is 0 Å². The number of rotatable bonds is 8. The first-order valence-corrected chi connectivity index (χ1v) is 25.8. The van der Waals surface area contributed by atoms with Gasteiger partial charge in [-0.05, 0) is 115 Å². The van der Waals surface area contributed by atoms with E-state index in [1.54, 1.807) is 6.07 Å². The van der Waals surface area contributed by atoms with Crippen LogP contribution in [0, 0.1) is 0 Å². The number of fused-ring (bicyclic) bond motifs is 20. The first-order valence-electron chi connectivity index (χ1n) is 22.7.